The van der Waals surface area contributed by atoms with Crippen molar-refractivity contribution in [2.45, 2.75) is 38.3 Å². The van der Waals surface area contributed by atoms with Gasteiger partial charge in [0.25, 0.3) is 0 Å². The normalized spacial score (nSPS) is 20.8. The quantitative estimate of drug-likeness (QED) is 0.868. The minimum absolute atomic E-state index is 0.443. The molecular weight excluding hydrogens is 219 g/mol. The molecule has 0 saturated heterocycles. The summed E-state index contributed by atoms with van der Waals surface area (Å²) in [6.45, 7) is 0. The van der Waals surface area contributed by atoms with E-state index >= 15 is 0 Å². The maximum Gasteiger partial charge on any atom is 0.312 e. The summed E-state index contributed by atoms with van der Waals surface area (Å²) in [4.78, 5) is 11.5. The minimum Gasteiger partial charge on any atom is -0.481 e. The van der Waals surface area contributed by atoms with E-state index in [4.69, 9.17) is 0 Å². The maximum absolute atomic E-state index is 14.5. The first-order valence-corrected chi connectivity index (χ1v) is 6.09. The van der Waals surface area contributed by atoms with Crippen molar-refractivity contribution >= 4 is 5.97 Å². The molecule has 0 radical (unpaired) electrons. The van der Waals surface area contributed by atoms with Crippen LogP contribution in [0.1, 0.15) is 43.8 Å². The maximum atomic E-state index is 14.5. The zero-order chi connectivity index (χ0) is 12.3. The molecule has 1 aromatic rings. The number of carboxylic acid groups (broad SMARTS) is 1. The molecule has 0 aromatic heterocycles. The highest BCUT2D eigenvalue weighted by Gasteiger charge is 2.47. The number of rotatable bonds is 3. The molecule has 1 unspecified atom stereocenters. The molecule has 1 atom stereocenters. The van der Waals surface area contributed by atoms with E-state index in [-0.39, 0.29) is 0 Å². The third-order valence-electron chi connectivity index (χ3n) is 3.75. The van der Waals surface area contributed by atoms with Crippen LogP contribution in [0.25, 0.3) is 0 Å². The number of alkyl halides is 1. The van der Waals surface area contributed by atoms with Crippen LogP contribution in [0, 0.1) is 5.41 Å². The number of carboxylic acids is 1. The summed E-state index contributed by atoms with van der Waals surface area (Å²) in [6, 6.07) is 8.65. The molecule has 1 aliphatic rings. The number of benzene rings is 1. The molecule has 3 heteroatoms. The van der Waals surface area contributed by atoms with Crippen LogP contribution in [-0.2, 0) is 4.79 Å². The molecule has 17 heavy (non-hydrogen) atoms. The van der Waals surface area contributed by atoms with Crippen LogP contribution in [0.5, 0.6) is 0 Å². The summed E-state index contributed by atoms with van der Waals surface area (Å²) in [7, 11) is 0. The summed E-state index contributed by atoms with van der Waals surface area (Å²) in [5.74, 6) is -0.992. The van der Waals surface area contributed by atoms with Gasteiger partial charge in [-0.25, -0.2) is 4.39 Å². The van der Waals surface area contributed by atoms with Crippen LogP contribution in [0.3, 0.4) is 0 Å². The zero-order valence-corrected chi connectivity index (χ0v) is 9.73. The van der Waals surface area contributed by atoms with Crippen molar-refractivity contribution in [3.8, 4) is 0 Å². The van der Waals surface area contributed by atoms with E-state index in [1.807, 2.05) is 6.07 Å². The van der Waals surface area contributed by atoms with Crippen molar-refractivity contribution in [2.24, 2.45) is 5.41 Å². The molecule has 2 rings (SSSR count). The first-order chi connectivity index (χ1) is 8.17. The van der Waals surface area contributed by atoms with Crippen molar-refractivity contribution < 1.29 is 14.3 Å². The van der Waals surface area contributed by atoms with Crippen LogP contribution in [0.4, 0.5) is 4.39 Å². The van der Waals surface area contributed by atoms with Crippen molar-refractivity contribution in [3.63, 3.8) is 0 Å². The van der Waals surface area contributed by atoms with E-state index in [1.165, 1.54) is 0 Å². The molecular formula is C14H17FO2. The highest BCUT2D eigenvalue weighted by Crippen LogP contribution is 2.48. The Bertz CT molecular complexity index is 382. The average Bonchev–Trinajstić information content (AvgIpc) is 2.39. The molecule has 1 fully saturated rings. The fourth-order valence-electron chi connectivity index (χ4n) is 2.70. The van der Waals surface area contributed by atoms with Crippen molar-refractivity contribution in [1.29, 1.82) is 0 Å². The Kier molecular flexibility index (Phi) is 3.46. The lowest BCUT2D eigenvalue weighted by Crippen LogP contribution is -2.37. The smallest absolute Gasteiger partial charge is 0.312 e. The summed E-state index contributed by atoms with van der Waals surface area (Å²) < 4.78 is 14.5. The van der Waals surface area contributed by atoms with Gasteiger partial charge in [-0.2, -0.15) is 0 Å². The first kappa shape index (κ1) is 12.1. The SMILES string of the molecule is O=C(O)C1(C(F)c2ccccc2)CCCCC1. The van der Waals surface area contributed by atoms with Crippen molar-refractivity contribution in [3.05, 3.63) is 35.9 Å². The first-order valence-electron chi connectivity index (χ1n) is 6.09. The summed E-state index contributed by atoms with van der Waals surface area (Å²) in [6.07, 6.45) is 2.10. The van der Waals surface area contributed by atoms with E-state index < -0.39 is 17.6 Å². The number of hydrogen-bond acceptors (Lipinski definition) is 1. The number of halogens is 1. The molecule has 92 valence electrons. The second-order valence-electron chi connectivity index (χ2n) is 4.80. The van der Waals surface area contributed by atoms with Gasteiger partial charge in [-0.1, -0.05) is 49.6 Å². The van der Waals surface area contributed by atoms with Gasteiger partial charge in [0.1, 0.15) is 11.6 Å². The molecule has 0 spiro atoms. The van der Waals surface area contributed by atoms with E-state index in [0.29, 0.717) is 18.4 Å². The van der Waals surface area contributed by atoms with Gasteiger partial charge in [0.05, 0.1) is 0 Å². The molecule has 0 aliphatic heterocycles. The largest absolute Gasteiger partial charge is 0.481 e. The third-order valence-corrected chi connectivity index (χ3v) is 3.75. The van der Waals surface area contributed by atoms with Crippen LogP contribution in [0.2, 0.25) is 0 Å². The number of aliphatic carboxylic acids is 1. The fourth-order valence-corrected chi connectivity index (χ4v) is 2.70. The molecule has 2 nitrogen and oxygen atoms in total. The van der Waals surface area contributed by atoms with Crippen molar-refractivity contribution in [1.82, 2.24) is 0 Å². The fraction of sp³-hybridized carbons (Fsp3) is 0.500. The van der Waals surface area contributed by atoms with Crippen LogP contribution < -0.4 is 0 Å². The average molecular weight is 236 g/mol. The Balaban J connectivity index is 2.30. The van der Waals surface area contributed by atoms with E-state index in [1.54, 1.807) is 24.3 Å². The van der Waals surface area contributed by atoms with Gasteiger partial charge < -0.3 is 5.11 Å². The van der Waals surface area contributed by atoms with Crippen molar-refractivity contribution in [2.75, 3.05) is 0 Å². The van der Waals surface area contributed by atoms with Crippen LogP contribution >= 0.6 is 0 Å². The van der Waals surface area contributed by atoms with Gasteiger partial charge in [-0.3, -0.25) is 4.79 Å². The van der Waals surface area contributed by atoms with E-state index in [2.05, 4.69) is 0 Å². The van der Waals surface area contributed by atoms with Crippen LogP contribution in [0.15, 0.2) is 30.3 Å². The summed E-state index contributed by atoms with van der Waals surface area (Å²) in [5, 5.41) is 9.38. The minimum atomic E-state index is -1.40. The molecule has 1 N–H and O–H groups in total. The highest BCUT2D eigenvalue weighted by atomic mass is 19.1. The van der Waals surface area contributed by atoms with Gasteiger partial charge in [0, 0.05) is 0 Å². The predicted molar refractivity (Wildman–Crippen MR) is 63.4 cm³/mol. The second-order valence-corrected chi connectivity index (χ2v) is 4.80. The highest BCUT2D eigenvalue weighted by molar-refractivity contribution is 5.76. The van der Waals surface area contributed by atoms with Gasteiger partial charge >= 0.3 is 5.97 Å². The van der Waals surface area contributed by atoms with Gasteiger partial charge in [-0.05, 0) is 18.4 Å². The molecule has 0 heterocycles. The Hall–Kier alpha value is -1.38. The monoisotopic (exact) mass is 236 g/mol. The molecule has 1 aromatic carbocycles. The summed E-state index contributed by atoms with van der Waals surface area (Å²) >= 11 is 0. The Morgan fingerprint density at radius 3 is 2.29 bits per heavy atom. The summed E-state index contributed by atoms with van der Waals surface area (Å²) in [5.41, 5.74) is -0.726. The third kappa shape index (κ3) is 2.19. The molecule has 0 bridgehead atoms. The van der Waals surface area contributed by atoms with E-state index in [0.717, 1.165) is 19.3 Å². The second kappa shape index (κ2) is 4.86. The van der Waals surface area contributed by atoms with Crippen LogP contribution in [-0.4, -0.2) is 11.1 Å². The van der Waals surface area contributed by atoms with Gasteiger partial charge in [0.15, 0.2) is 0 Å². The van der Waals surface area contributed by atoms with E-state index in [9.17, 15) is 14.3 Å². The standard InChI is InChI=1S/C14H17FO2/c15-12(11-7-3-1-4-8-11)14(13(16)17)9-5-2-6-10-14/h1,3-4,7-8,12H,2,5-6,9-10H2,(H,16,17). The van der Waals surface area contributed by atoms with Gasteiger partial charge in [0.2, 0.25) is 0 Å². The predicted octanol–water partition coefficient (Wildman–Crippen LogP) is 3.73. The Morgan fingerprint density at radius 2 is 1.76 bits per heavy atom. The van der Waals surface area contributed by atoms with Gasteiger partial charge in [-0.15, -0.1) is 0 Å². The molecule has 0 amide bonds. The zero-order valence-electron chi connectivity index (χ0n) is 9.73. The number of carbonyl (C=O) groups is 1. The number of hydrogen-bond donors (Lipinski definition) is 1. The Labute approximate surface area is 100 Å². The lowest BCUT2D eigenvalue weighted by Gasteiger charge is -2.36. The lowest BCUT2D eigenvalue weighted by atomic mass is 9.69. The Morgan fingerprint density at radius 1 is 1.18 bits per heavy atom. The molecule has 1 aliphatic carbocycles. The lowest BCUT2D eigenvalue weighted by molar-refractivity contribution is -0.156. The molecule has 1 saturated carbocycles. The topological polar surface area (TPSA) is 37.3 Å².